The molecule has 0 saturated heterocycles. The highest BCUT2D eigenvalue weighted by atomic mass is 16.5. The lowest BCUT2D eigenvalue weighted by Crippen LogP contribution is -2.48. The van der Waals surface area contributed by atoms with Crippen molar-refractivity contribution in [3.8, 4) is 0 Å². The first kappa shape index (κ1) is 17.0. The normalized spacial score (nSPS) is 28.0. The summed E-state index contributed by atoms with van der Waals surface area (Å²) in [5.74, 6) is -0.276. The molecule has 4 nitrogen and oxygen atoms in total. The minimum atomic E-state index is -0.745. The molecule has 1 N–H and O–H groups in total. The topological polar surface area (TPSA) is 55.4 Å². The van der Waals surface area contributed by atoms with E-state index in [-0.39, 0.29) is 11.9 Å². The fraction of sp³-hybridized carbons (Fsp3) is 0.875. The minimum Gasteiger partial charge on any atom is -0.465 e. The molecule has 4 unspecified atom stereocenters. The van der Waals surface area contributed by atoms with Crippen LogP contribution in [0.2, 0.25) is 0 Å². The molecule has 0 bridgehead atoms. The Morgan fingerprint density at radius 2 is 1.85 bits per heavy atom. The van der Waals surface area contributed by atoms with Crippen LogP contribution in [0.25, 0.3) is 0 Å². The van der Waals surface area contributed by atoms with Gasteiger partial charge in [-0.05, 0) is 37.0 Å². The molecule has 0 aromatic carbocycles. The summed E-state index contributed by atoms with van der Waals surface area (Å²) in [6.45, 7) is 12.1. The van der Waals surface area contributed by atoms with Gasteiger partial charge in [0.1, 0.15) is 5.92 Å². The SMILES string of the molecule is CCOC(=O)C(C(=O)NC1CCC(C)C1C)C(C)(C)C. The van der Waals surface area contributed by atoms with E-state index in [1.54, 1.807) is 6.92 Å². The predicted molar refractivity (Wildman–Crippen MR) is 79.1 cm³/mol. The van der Waals surface area contributed by atoms with E-state index in [9.17, 15) is 9.59 Å². The fourth-order valence-electron chi connectivity index (χ4n) is 2.91. The summed E-state index contributed by atoms with van der Waals surface area (Å²) >= 11 is 0. The molecule has 1 aliphatic rings. The van der Waals surface area contributed by atoms with Gasteiger partial charge in [0.25, 0.3) is 0 Å². The molecule has 1 rings (SSSR count). The lowest BCUT2D eigenvalue weighted by Gasteiger charge is -2.30. The molecule has 0 aliphatic heterocycles. The van der Waals surface area contributed by atoms with Crippen LogP contribution in [-0.2, 0) is 14.3 Å². The van der Waals surface area contributed by atoms with Gasteiger partial charge in [0.2, 0.25) is 5.91 Å². The third-order valence-corrected chi connectivity index (χ3v) is 4.44. The molecule has 1 fully saturated rings. The maximum absolute atomic E-state index is 12.5. The Morgan fingerprint density at radius 3 is 2.25 bits per heavy atom. The molecule has 1 saturated carbocycles. The maximum atomic E-state index is 12.5. The van der Waals surface area contributed by atoms with E-state index in [1.807, 2.05) is 20.8 Å². The zero-order valence-electron chi connectivity index (χ0n) is 13.7. The molecule has 0 spiro atoms. The second-order valence-corrected chi connectivity index (χ2v) is 7.08. The van der Waals surface area contributed by atoms with E-state index in [0.29, 0.717) is 18.4 Å². The van der Waals surface area contributed by atoms with E-state index in [1.165, 1.54) is 0 Å². The molecule has 0 radical (unpaired) electrons. The quantitative estimate of drug-likeness (QED) is 0.637. The van der Waals surface area contributed by atoms with Crippen LogP contribution in [0.5, 0.6) is 0 Å². The van der Waals surface area contributed by atoms with Crippen LogP contribution >= 0.6 is 0 Å². The van der Waals surface area contributed by atoms with E-state index >= 15 is 0 Å². The summed E-state index contributed by atoms with van der Waals surface area (Å²) in [5.41, 5.74) is -0.441. The molecule has 1 aliphatic carbocycles. The molecule has 4 heteroatoms. The van der Waals surface area contributed by atoms with Crippen molar-refractivity contribution in [2.45, 2.75) is 60.4 Å². The second-order valence-electron chi connectivity index (χ2n) is 7.08. The number of amides is 1. The average molecular weight is 283 g/mol. The van der Waals surface area contributed by atoms with Crippen molar-refractivity contribution in [3.63, 3.8) is 0 Å². The lowest BCUT2D eigenvalue weighted by molar-refractivity contribution is -0.157. The van der Waals surface area contributed by atoms with E-state index < -0.39 is 17.3 Å². The molecule has 0 heterocycles. The summed E-state index contributed by atoms with van der Waals surface area (Å²) in [4.78, 5) is 24.6. The number of hydrogen-bond donors (Lipinski definition) is 1. The van der Waals surface area contributed by atoms with Gasteiger partial charge >= 0.3 is 5.97 Å². The number of nitrogens with one attached hydrogen (secondary N) is 1. The number of carbonyl (C=O) groups is 2. The Labute approximate surface area is 122 Å². The first-order valence-corrected chi connectivity index (χ1v) is 7.65. The van der Waals surface area contributed by atoms with Crippen LogP contribution in [0, 0.1) is 23.2 Å². The largest absolute Gasteiger partial charge is 0.465 e. The Kier molecular flexibility index (Phi) is 5.60. The molecule has 0 aromatic rings. The number of rotatable bonds is 4. The van der Waals surface area contributed by atoms with Gasteiger partial charge in [-0.25, -0.2) is 0 Å². The molecule has 1 amide bonds. The highest BCUT2D eigenvalue weighted by molar-refractivity contribution is 5.98. The molecule has 116 valence electrons. The zero-order valence-corrected chi connectivity index (χ0v) is 13.7. The van der Waals surface area contributed by atoms with E-state index in [2.05, 4.69) is 19.2 Å². The highest BCUT2D eigenvalue weighted by Gasteiger charge is 2.41. The van der Waals surface area contributed by atoms with Crippen LogP contribution < -0.4 is 5.32 Å². The van der Waals surface area contributed by atoms with Crippen molar-refractivity contribution in [1.29, 1.82) is 0 Å². The highest BCUT2D eigenvalue weighted by Crippen LogP contribution is 2.33. The number of hydrogen-bond acceptors (Lipinski definition) is 3. The molecular formula is C16H29NO3. The van der Waals surface area contributed by atoms with Crippen LogP contribution in [-0.4, -0.2) is 24.5 Å². The average Bonchev–Trinajstić information content (AvgIpc) is 2.59. The van der Waals surface area contributed by atoms with Gasteiger partial charge in [0.05, 0.1) is 6.61 Å². The maximum Gasteiger partial charge on any atom is 0.319 e. The summed E-state index contributed by atoms with van der Waals surface area (Å²) in [6, 6.07) is 0.178. The van der Waals surface area contributed by atoms with Gasteiger partial charge < -0.3 is 10.1 Å². The summed E-state index contributed by atoms with van der Waals surface area (Å²) in [7, 11) is 0. The lowest BCUT2D eigenvalue weighted by atomic mass is 9.80. The standard InChI is InChI=1S/C16H29NO3/c1-7-20-15(19)13(16(4,5)6)14(18)17-12-9-8-10(2)11(12)3/h10-13H,7-9H2,1-6H3,(H,17,18). The zero-order chi connectivity index (χ0) is 15.5. The van der Waals surface area contributed by atoms with Crippen molar-refractivity contribution in [3.05, 3.63) is 0 Å². The predicted octanol–water partition coefficient (Wildman–Crippen LogP) is 2.76. The molecule has 20 heavy (non-hydrogen) atoms. The van der Waals surface area contributed by atoms with Gasteiger partial charge in [-0.15, -0.1) is 0 Å². The minimum absolute atomic E-state index is 0.178. The Morgan fingerprint density at radius 1 is 1.25 bits per heavy atom. The first-order valence-electron chi connectivity index (χ1n) is 7.65. The number of carbonyl (C=O) groups excluding carboxylic acids is 2. The Hall–Kier alpha value is -1.06. The van der Waals surface area contributed by atoms with Crippen LogP contribution in [0.15, 0.2) is 0 Å². The van der Waals surface area contributed by atoms with Gasteiger partial charge in [-0.2, -0.15) is 0 Å². The van der Waals surface area contributed by atoms with Crippen molar-refractivity contribution >= 4 is 11.9 Å². The monoisotopic (exact) mass is 283 g/mol. The van der Waals surface area contributed by atoms with Crippen molar-refractivity contribution in [2.24, 2.45) is 23.2 Å². The van der Waals surface area contributed by atoms with E-state index in [0.717, 1.165) is 12.8 Å². The Bertz CT molecular complexity index is 359. The smallest absolute Gasteiger partial charge is 0.319 e. The third-order valence-electron chi connectivity index (χ3n) is 4.44. The van der Waals surface area contributed by atoms with Crippen LogP contribution in [0.3, 0.4) is 0 Å². The molecule has 4 atom stereocenters. The number of ether oxygens (including phenoxy) is 1. The van der Waals surface area contributed by atoms with Crippen molar-refractivity contribution in [2.75, 3.05) is 6.61 Å². The van der Waals surface area contributed by atoms with Crippen LogP contribution in [0.1, 0.15) is 54.4 Å². The Balaban J connectivity index is 2.77. The molecule has 0 aromatic heterocycles. The van der Waals surface area contributed by atoms with Crippen molar-refractivity contribution in [1.82, 2.24) is 5.32 Å². The van der Waals surface area contributed by atoms with Gasteiger partial charge in [-0.1, -0.05) is 34.6 Å². The summed E-state index contributed by atoms with van der Waals surface area (Å²) in [6.07, 6.45) is 2.12. The third kappa shape index (κ3) is 3.97. The summed E-state index contributed by atoms with van der Waals surface area (Å²) in [5, 5.41) is 3.07. The van der Waals surface area contributed by atoms with Crippen molar-refractivity contribution < 1.29 is 14.3 Å². The fourth-order valence-corrected chi connectivity index (χ4v) is 2.91. The first-order chi connectivity index (χ1) is 9.18. The summed E-state index contributed by atoms with van der Waals surface area (Å²) < 4.78 is 5.06. The van der Waals surface area contributed by atoms with Crippen LogP contribution in [0.4, 0.5) is 0 Å². The van der Waals surface area contributed by atoms with Gasteiger partial charge in [-0.3, -0.25) is 9.59 Å². The van der Waals surface area contributed by atoms with Gasteiger partial charge in [0.15, 0.2) is 0 Å². The number of esters is 1. The van der Waals surface area contributed by atoms with Gasteiger partial charge in [0, 0.05) is 6.04 Å². The second kappa shape index (κ2) is 6.59. The molecular weight excluding hydrogens is 254 g/mol. The van der Waals surface area contributed by atoms with E-state index in [4.69, 9.17) is 4.74 Å².